The molecular weight excluding hydrogens is 495 g/mol. The van der Waals surface area contributed by atoms with Crippen molar-refractivity contribution >= 4 is 28.0 Å². The summed E-state index contributed by atoms with van der Waals surface area (Å²) < 4.78 is 35.0. The molecular formula is C27H23FN4O4S. The molecule has 0 spiro atoms. The van der Waals surface area contributed by atoms with Crippen molar-refractivity contribution in [2.75, 3.05) is 11.2 Å². The number of nitriles is 1. The molecule has 1 aliphatic heterocycles. The zero-order valence-corrected chi connectivity index (χ0v) is 21.2. The molecule has 0 radical (unpaired) electrons. The summed E-state index contributed by atoms with van der Waals surface area (Å²) in [6, 6.07) is 13.5. The Kier molecular flexibility index (Phi) is 6.27. The highest BCUT2D eigenvalue weighted by molar-refractivity contribution is 7.84. The number of amides is 1. The van der Waals surface area contributed by atoms with Crippen LogP contribution in [0.1, 0.15) is 29.4 Å². The van der Waals surface area contributed by atoms with Crippen LogP contribution in [-0.4, -0.2) is 37.0 Å². The molecule has 5 rings (SSSR count). The van der Waals surface area contributed by atoms with Gasteiger partial charge in [-0.3, -0.25) is 13.9 Å². The van der Waals surface area contributed by atoms with E-state index in [1.807, 2.05) is 6.92 Å². The SMILES string of the molecule is Cc1nc2ccc(C#N)cn2c1CN1C(=O)[C@@H](C)Oc2c(F)cc(-c3ccc(CO)c(S(C)=O)c3)cc21. The number of fused-ring (bicyclic) bond motifs is 2. The maximum absolute atomic E-state index is 15.4. The fourth-order valence-corrected chi connectivity index (χ4v) is 5.34. The molecule has 1 aliphatic rings. The van der Waals surface area contributed by atoms with E-state index in [-0.39, 0.29) is 30.5 Å². The molecule has 0 aliphatic carbocycles. The number of carbonyl (C=O) groups excluding carboxylic acids is 1. The standard InChI is InChI=1S/C27H23FN4O4S/c1-15-23(31-12-17(11-29)4-7-25(31)30-15)13-32-22-9-20(8-21(28)26(22)36-16(2)27(32)34)18-5-6-19(14-33)24(10-18)37(3)35/h4-10,12,16,33H,13-14H2,1-3H3/t16-,37?/m1/s1. The minimum atomic E-state index is -1.37. The number of hydrogen-bond donors (Lipinski definition) is 1. The summed E-state index contributed by atoms with van der Waals surface area (Å²) in [6.07, 6.45) is 2.27. The minimum absolute atomic E-state index is 0.0358. The lowest BCUT2D eigenvalue weighted by Gasteiger charge is -2.33. The fourth-order valence-electron chi connectivity index (χ4n) is 4.54. The van der Waals surface area contributed by atoms with Gasteiger partial charge >= 0.3 is 0 Å². The van der Waals surface area contributed by atoms with Gasteiger partial charge in [0.05, 0.1) is 46.6 Å². The molecule has 37 heavy (non-hydrogen) atoms. The predicted molar refractivity (Wildman–Crippen MR) is 136 cm³/mol. The summed E-state index contributed by atoms with van der Waals surface area (Å²) in [5.41, 5.74) is 4.26. The van der Waals surface area contributed by atoms with Gasteiger partial charge < -0.3 is 14.2 Å². The second-order valence-electron chi connectivity index (χ2n) is 8.83. The molecule has 4 aromatic rings. The molecule has 188 valence electrons. The lowest BCUT2D eigenvalue weighted by molar-refractivity contribution is -0.125. The van der Waals surface area contributed by atoms with Crippen molar-refractivity contribution in [3.05, 3.63) is 77.0 Å². The minimum Gasteiger partial charge on any atom is -0.476 e. The van der Waals surface area contributed by atoms with Crippen LogP contribution in [0.15, 0.2) is 53.6 Å². The lowest BCUT2D eigenvalue weighted by Crippen LogP contribution is -2.44. The summed E-state index contributed by atoms with van der Waals surface area (Å²) in [6.45, 7) is 3.19. The largest absolute Gasteiger partial charge is 0.476 e. The van der Waals surface area contributed by atoms with E-state index in [4.69, 9.17) is 4.74 Å². The van der Waals surface area contributed by atoms with E-state index in [2.05, 4.69) is 11.1 Å². The van der Waals surface area contributed by atoms with E-state index >= 15 is 4.39 Å². The predicted octanol–water partition coefficient (Wildman–Crippen LogP) is 3.86. The van der Waals surface area contributed by atoms with Crippen LogP contribution in [0.4, 0.5) is 10.1 Å². The maximum Gasteiger partial charge on any atom is 0.268 e. The smallest absolute Gasteiger partial charge is 0.268 e. The van der Waals surface area contributed by atoms with E-state index in [0.29, 0.717) is 44.2 Å². The number of ether oxygens (including phenoxy) is 1. The summed E-state index contributed by atoms with van der Waals surface area (Å²) >= 11 is 0. The van der Waals surface area contributed by atoms with Crippen molar-refractivity contribution in [2.24, 2.45) is 0 Å². The summed E-state index contributed by atoms with van der Waals surface area (Å²) in [5.74, 6) is -1.02. The van der Waals surface area contributed by atoms with Crippen molar-refractivity contribution in [2.45, 2.75) is 38.0 Å². The third-order valence-electron chi connectivity index (χ3n) is 6.46. The normalized spacial score (nSPS) is 15.8. The van der Waals surface area contributed by atoms with Crippen LogP contribution in [0.2, 0.25) is 0 Å². The third-order valence-corrected chi connectivity index (χ3v) is 7.46. The van der Waals surface area contributed by atoms with Gasteiger partial charge in [-0.05, 0) is 60.9 Å². The molecule has 0 fully saturated rings. The highest BCUT2D eigenvalue weighted by Gasteiger charge is 2.35. The second kappa shape index (κ2) is 9.42. The number of imidazole rings is 1. The Balaban J connectivity index is 1.64. The number of aromatic nitrogens is 2. The number of aliphatic hydroxyl groups excluding tert-OH is 1. The average Bonchev–Trinajstić information content (AvgIpc) is 3.20. The first-order valence-electron chi connectivity index (χ1n) is 11.5. The van der Waals surface area contributed by atoms with Crippen LogP contribution in [0.3, 0.4) is 0 Å². The van der Waals surface area contributed by atoms with Crippen LogP contribution in [0.5, 0.6) is 5.75 Å². The topological polar surface area (TPSA) is 108 Å². The molecule has 8 nitrogen and oxygen atoms in total. The lowest BCUT2D eigenvalue weighted by atomic mass is 10.0. The van der Waals surface area contributed by atoms with E-state index in [9.17, 15) is 19.4 Å². The van der Waals surface area contributed by atoms with Crippen LogP contribution < -0.4 is 9.64 Å². The molecule has 0 bridgehead atoms. The van der Waals surface area contributed by atoms with Crippen LogP contribution in [-0.2, 0) is 28.7 Å². The zero-order chi connectivity index (χ0) is 26.4. The molecule has 2 aromatic heterocycles. The Hall–Kier alpha value is -4.07. The van der Waals surface area contributed by atoms with Gasteiger partial charge in [0.1, 0.15) is 11.7 Å². The number of benzene rings is 2. The van der Waals surface area contributed by atoms with Gasteiger partial charge in [-0.2, -0.15) is 5.26 Å². The molecule has 1 unspecified atom stereocenters. The average molecular weight is 519 g/mol. The zero-order valence-electron chi connectivity index (χ0n) is 20.4. The van der Waals surface area contributed by atoms with Gasteiger partial charge in [-0.15, -0.1) is 0 Å². The molecule has 1 N–H and O–H groups in total. The first-order chi connectivity index (χ1) is 17.7. The van der Waals surface area contributed by atoms with Gasteiger partial charge in [0.15, 0.2) is 17.7 Å². The van der Waals surface area contributed by atoms with Crippen molar-refractivity contribution < 1.29 is 23.2 Å². The van der Waals surface area contributed by atoms with Crippen LogP contribution in [0.25, 0.3) is 16.8 Å². The van der Waals surface area contributed by atoms with E-state index in [1.165, 1.54) is 17.2 Å². The Bertz CT molecular complexity index is 1640. The quantitative estimate of drug-likeness (QED) is 0.430. The highest BCUT2D eigenvalue weighted by atomic mass is 32.2. The molecule has 0 saturated carbocycles. The van der Waals surface area contributed by atoms with Gasteiger partial charge in [-0.1, -0.05) is 12.1 Å². The first kappa shape index (κ1) is 24.6. The van der Waals surface area contributed by atoms with Gasteiger partial charge in [0.25, 0.3) is 5.91 Å². The van der Waals surface area contributed by atoms with Crippen molar-refractivity contribution in [3.63, 3.8) is 0 Å². The monoisotopic (exact) mass is 518 g/mol. The first-order valence-corrected chi connectivity index (χ1v) is 13.0. The van der Waals surface area contributed by atoms with E-state index in [0.717, 1.165) is 0 Å². The fraction of sp³-hybridized carbons (Fsp3) is 0.222. The van der Waals surface area contributed by atoms with Crippen molar-refractivity contribution in [3.8, 4) is 22.9 Å². The van der Waals surface area contributed by atoms with Crippen LogP contribution >= 0.6 is 0 Å². The Labute approximate surface area is 215 Å². The number of hydrogen-bond acceptors (Lipinski definition) is 6. The summed E-state index contributed by atoms with van der Waals surface area (Å²) in [5, 5.41) is 18.9. The van der Waals surface area contributed by atoms with Crippen molar-refractivity contribution in [1.29, 1.82) is 5.26 Å². The molecule has 10 heteroatoms. The Morgan fingerprint density at radius 1 is 1.22 bits per heavy atom. The number of aryl methyl sites for hydroxylation is 1. The maximum atomic E-state index is 15.4. The molecule has 2 aromatic carbocycles. The molecule has 1 amide bonds. The van der Waals surface area contributed by atoms with Gasteiger partial charge in [0.2, 0.25) is 0 Å². The summed E-state index contributed by atoms with van der Waals surface area (Å²) in [7, 11) is -1.37. The van der Waals surface area contributed by atoms with Crippen molar-refractivity contribution in [1.82, 2.24) is 9.38 Å². The molecule has 0 saturated heterocycles. The number of halogens is 1. The number of nitrogens with zero attached hydrogens (tertiary/aromatic N) is 4. The van der Waals surface area contributed by atoms with Crippen LogP contribution in [0, 0.1) is 24.1 Å². The second-order valence-corrected chi connectivity index (χ2v) is 10.2. The highest BCUT2D eigenvalue weighted by Crippen LogP contribution is 2.41. The number of carbonyl (C=O) groups is 1. The summed E-state index contributed by atoms with van der Waals surface area (Å²) in [4.78, 5) is 19.8. The molecule has 2 atom stereocenters. The number of pyridine rings is 1. The van der Waals surface area contributed by atoms with Gasteiger partial charge in [-0.25, -0.2) is 9.37 Å². The van der Waals surface area contributed by atoms with Gasteiger partial charge in [0, 0.05) is 17.3 Å². The number of anilines is 1. The molecule has 3 heterocycles. The Morgan fingerprint density at radius 3 is 2.70 bits per heavy atom. The number of rotatable bonds is 5. The van der Waals surface area contributed by atoms with E-state index < -0.39 is 22.7 Å². The number of aliphatic hydroxyl groups is 1. The third kappa shape index (κ3) is 4.26. The van der Waals surface area contributed by atoms with E-state index in [1.54, 1.807) is 53.9 Å². The Morgan fingerprint density at radius 2 is 2.00 bits per heavy atom.